The zero-order valence-corrected chi connectivity index (χ0v) is 28.0. The number of carbonyl (C=O) groups excluding carboxylic acids is 2. The van der Waals surface area contributed by atoms with Crippen molar-refractivity contribution >= 4 is 33.4 Å². The van der Waals surface area contributed by atoms with E-state index in [4.69, 9.17) is 0 Å². The normalized spacial score (nSPS) is 13.9. The van der Waals surface area contributed by atoms with Gasteiger partial charge in [0.15, 0.2) is 0 Å². The predicted octanol–water partition coefficient (Wildman–Crippen LogP) is 5.63. The number of aliphatic hydroxyl groups is 2. The van der Waals surface area contributed by atoms with Gasteiger partial charge < -0.3 is 30.8 Å². The molecule has 6 N–H and O–H groups in total. The van der Waals surface area contributed by atoms with Gasteiger partial charge >= 0.3 is 0 Å². The fourth-order valence-electron chi connectivity index (χ4n) is 6.03. The molecule has 248 valence electrons. The fourth-order valence-corrected chi connectivity index (χ4v) is 6.03. The maximum Gasteiger partial charge on any atom is 0.251 e. The summed E-state index contributed by atoms with van der Waals surface area (Å²) in [7, 11) is 3.23. The van der Waals surface area contributed by atoms with Crippen LogP contribution in [-0.4, -0.2) is 56.1 Å². The van der Waals surface area contributed by atoms with E-state index in [0.29, 0.717) is 22.5 Å². The summed E-state index contributed by atoms with van der Waals surface area (Å²) in [5.41, 5.74) is 1.64. The lowest BCUT2D eigenvalue weighted by molar-refractivity contribution is 0.0279. The third-order valence-corrected chi connectivity index (χ3v) is 8.99. The number of nitrogens with zero attached hydrogens (tertiary/aromatic N) is 2. The molecule has 1 unspecified atom stereocenters. The summed E-state index contributed by atoms with van der Waals surface area (Å²) in [6.45, 7) is 7.86. The molecule has 0 saturated carbocycles. The maximum absolute atomic E-state index is 11.8. The van der Waals surface area contributed by atoms with Crippen LogP contribution in [0.5, 0.6) is 0 Å². The molecule has 0 radical (unpaired) electrons. The molecule has 2 amide bonds. The number of benzene rings is 4. The molecule has 2 aromatic heterocycles. The van der Waals surface area contributed by atoms with Gasteiger partial charge in [0.1, 0.15) is 11.2 Å². The van der Waals surface area contributed by atoms with Gasteiger partial charge in [0.2, 0.25) is 0 Å². The number of carbonyl (C=O) groups is 2. The van der Waals surface area contributed by atoms with E-state index in [9.17, 15) is 19.8 Å². The second-order valence-electron chi connectivity index (χ2n) is 12.5. The standard InChI is InChI=1S/2C19H21N3O2/c2*1-12(2)19(24,17-10-21-11-22-17)16-7-6-13-8-15(18(23)20-3)5-4-14(13)9-16/h2*4-12,24H,1-3H3,(H,20,23)(H,21,22)/t19-;/m0./s1. The molecule has 4 aromatic carbocycles. The summed E-state index contributed by atoms with van der Waals surface area (Å²) in [5.74, 6) is -0.334. The van der Waals surface area contributed by atoms with E-state index in [1.54, 1.807) is 51.3 Å². The van der Waals surface area contributed by atoms with Gasteiger partial charge in [-0.05, 0) is 80.9 Å². The van der Waals surface area contributed by atoms with Gasteiger partial charge in [0.25, 0.3) is 11.8 Å². The van der Waals surface area contributed by atoms with E-state index < -0.39 is 11.2 Å². The van der Waals surface area contributed by atoms with Crippen molar-refractivity contribution in [1.82, 2.24) is 30.6 Å². The van der Waals surface area contributed by atoms with Crippen LogP contribution in [0.25, 0.3) is 21.5 Å². The van der Waals surface area contributed by atoms with Crippen LogP contribution in [0.2, 0.25) is 0 Å². The van der Waals surface area contributed by atoms with Crippen molar-refractivity contribution in [2.24, 2.45) is 11.8 Å². The Labute approximate surface area is 279 Å². The Balaban J connectivity index is 0.000000188. The van der Waals surface area contributed by atoms with Crippen molar-refractivity contribution in [1.29, 1.82) is 0 Å². The van der Waals surface area contributed by atoms with Crippen molar-refractivity contribution in [2.75, 3.05) is 14.1 Å². The molecule has 10 heteroatoms. The minimum Gasteiger partial charge on any atom is -0.378 e. The van der Waals surface area contributed by atoms with Crippen LogP contribution in [0.3, 0.4) is 0 Å². The molecule has 6 rings (SSSR count). The molecular formula is C38H42N6O4. The Morgan fingerprint density at radius 2 is 0.958 bits per heavy atom. The number of imidazole rings is 2. The second-order valence-corrected chi connectivity index (χ2v) is 12.5. The summed E-state index contributed by atoms with van der Waals surface area (Å²) in [6, 6.07) is 22.6. The Kier molecular flexibility index (Phi) is 9.79. The third kappa shape index (κ3) is 6.32. The number of H-pyrrole nitrogens is 2. The lowest BCUT2D eigenvalue weighted by Gasteiger charge is -2.31. The van der Waals surface area contributed by atoms with Crippen LogP contribution in [0.15, 0.2) is 97.8 Å². The third-order valence-electron chi connectivity index (χ3n) is 8.99. The zero-order chi connectivity index (χ0) is 34.6. The smallest absolute Gasteiger partial charge is 0.251 e. The number of nitrogens with one attached hydrogen (secondary N) is 4. The van der Waals surface area contributed by atoms with Gasteiger partial charge in [-0.1, -0.05) is 64.1 Å². The number of fused-ring (bicyclic) bond motifs is 2. The summed E-state index contributed by atoms with van der Waals surface area (Å²) < 4.78 is 0. The molecule has 10 nitrogen and oxygen atoms in total. The molecule has 0 spiro atoms. The highest BCUT2D eigenvalue weighted by Gasteiger charge is 2.38. The van der Waals surface area contributed by atoms with E-state index in [0.717, 1.165) is 32.7 Å². The minimum absolute atomic E-state index is 0.0524. The van der Waals surface area contributed by atoms with Gasteiger partial charge in [0, 0.05) is 37.6 Å². The SMILES string of the molecule is CNC(=O)c1ccc2cc(C(O)(c3c[nH]cn3)C(C)C)ccc2c1.CNC(=O)c1ccc2cc([C@](O)(c3c[nH]cn3)C(C)C)ccc2c1. The largest absolute Gasteiger partial charge is 0.378 e. The average Bonchev–Trinajstić information content (AvgIpc) is 3.86. The molecule has 48 heavy (non-hydrogen) atoms. The monoisotopic (exact) mass is 646 g/mol. The molecule has 0 aliphatic rings. The zero-order valence-electron chi connectivity index (χ0n) is 28.0. The summed E-state index contributed by atoms with van der Waals surface area (Å²) >= 11 is 0. The van der Waals surface area contributed by atoms with Crippen LogP contribution in [0.4, 0.5) is 0 Å². The Hall–Kier alpha value is -5.32. The van der Waals surface area contributed by atoms with Gasteiger partial charge in [0.05, 0.1) is 24.0 Å². The van der Waals surface area contributed by atoms with E-state index >= 15 is 0 Å². The summed E-state index contributed by atoms with van der Waals surface area (Å²) in [4.78, 5) is 37.9. The van der Waals surface area contributed by atoms with E-state index in [-0.39, 0.29) is 23.7 Å². The predicted molar refractivity (Wildman–Crippen MR) is 188 cm³/mol. The Morgan fingerprint density at radius 3 is 1.27 bits per heavy atom. The van der Waals surface area contributed by atoms with Crippen LogP contribution >= 0.6 is 0 Å². The van der Waals surface area contributed by atoms with Gasteiger partial charge in [-0.2, -0.15) is 0 Å². The number of hydrogen-bond donors (Lipinski definition) is 6. The molecule has 0 fully saturated rings. The van der Waals surface area contributed by atoms with Crippen molar-refractivity contribution in [3.05, 3.63) is 131 Å². The van der Waals surface area contributed by atoms with Crippen LogP contribution < -0.4 is 10.6 Å². The van der Waals surface area contributed by atoms with Crippen LogP contribution in [0.1, 0.15) is 70.9 Å². The molecule has 0 bridgehead atoms. The second kappa shape index (κ2) is 13.8. The average molecular weight is 647 g/mol. The Bertz CT molecular complexity index is 1890. The lowest BCUT2D eigenvalue weighted by atomic mass is 9.80. The van der Waals surface area contributed by atoms with Crippen molar-refractivity contribution in [2.45, 2.75) is 38.9 Å². The molecule has 2 heterocycles. The number of hydrogen-bond acceptors (Lipinski definition) is 6. The highest BCUT2D eigenvalue weighted by atomic mass is 16.3. The van der Waals surface area contributed by atoms with Crippen molar-refractivity contribution in [3.8, 4) is 0 Å². The van der Waals surface area contributed by atoms with Gasteiger partial charge in [-0.15, -0.1) is 0 Å². The highest BCUT2D eigenvalue weighted by molar-refractivity contribution is 5.99. The molecular weight excluding hydrogens is 604 g/mol. The first kappa shape index (κ1) is 34.0. The van der Waals surface area contributed by atoms with Crippen molar-refractivity contribution in [3.63, 3.8) is 0 Å². The first-order valence-corrected chi connectivity index (χ1v) is 15.9. The lowest BCUT2D eigenvalue weighted by Crippen LogP contribution is -2.33. The molecule has 2 atom stereocenters. The Morgan fingerprint density at radius 1 is 0.604 bits per heavy atom. The topological polar surface area (TPSA) is 156 Å². The van der Waals surface area contributed by atoms with Crippen molar-refractivity contribution < 1.29 is 19.8 Å². The van der Waals surface area contributed by atoms with Crippen LogP contribution in [-0.2, 0) is 11.2 Å². The van der Waals surface area contributed by atoms with E-state index in [1.807, 2.05) is 88.4 Å². The highest BCUT2D eigenvalue weighted by Crippen LogP contribution is 2.38. The van der Waals surface area contributed by atoms with Gasteiger partial charge in [-0.3, -0.25) is 9.59 Å². The molecule has 0 saturated heterocycles. The number of aromatic amines is 2. The summed E-state index contributed by atoms with van der Waals surface area (Å²) in [5, 5.41) is 31.7. The molecule has 6 aromatic rings. The molecule has 0 aliphatic heterocycles. The first-order valence-electron chi connectivity index (χ1n) is 15.9. The van der Waals surface area contributed by atoms with E-state index in [2.05, 4.69) is 30.6 Å². The first-order chi connectivity index (χ1) is 22.9. The van der Waals surface area contributed by atoms with Crippen LogP contribution in [0, 0.1) is 11.8 Å². The number of rotatable bonds is 8. The quantitative estimate of drug-likeness (QED) is 0.126. The fraction of sp³-hybridized carbons (Fsp3) is 0.263. The molecule has 0 aliphatic carbocycles. The van der Waals surface area contributed by atoms with Gasteiger partial charge in [-0.25, -0.2) is 9.97 Å². The number of aromatic nitrogens is 4. The minimum atomic E-state index is -1.17. The maximum atomic E-state index is 11.8. The number of amides is 2. The summed E-state index contributed by atoms with van der Waals surface area (Å²) in [6.07, 6.45) is 6.58. The van der Waals surface area contributed by atoms with E-state index in [1.165, 1.54) is 0 Å².